The topological polar surface area (TPSA) is 163 Å². The predicted molar refractivity (Wildman–Crippen MR) is 202 cm³/mol. The highest BCUT2D eigenvalue weighted by Crippen LogP contribution is 2.47. The van der Waals surface area contributed by atoms with E-state index in [2.05, 4.69) is 27.9 Å². The van der Waals surface area contributed by atoms with Crippen LogP contribution in [0.2, 0.25) is 0 Å². The van der Waals surface area contributed by atoms with Crippen LogP contribution < -0.4 is 0 Å². The fourth-order valence-electron chi connectivity index (χ4n) is 9.99. The first kappa shape index (κ1) is 45.3. The van der Waals surface area contributed by atoms with Gasteiger partial charge < -0.3 is 58.1 Å². The molecule has 54 heavy (non-hydrogen) atoms. The summed E-state index contributed by atoms with van der Waals surface area (Å²) < 4.78 is 45.8. The van der Waals surface area contributed by atoms with E-state index in [4.69, 9.17) is 33.2 Å². The van der Waals surface area contributed by atoms with Crippen molar-refractivity contribution in [2.24, 2.45) is 23.7 Å². The number of hydrogen-bond donors (Lipinski definition) is 4. The van der Waals surface area contributed by atoms with Crippen molar-refractivity contribution in [1.82, 2.24) is 0 Å². The molecule has 0 aromatic rings. The molecule has 0 radical (unpaired) electrons. The first-order chi connectivity index (χ1) is 24.8. The number of methoxy groups -OCH3 is 1. The van der Waals surface area contributed by atoms with Gasteiger partial charge in [0.15, 0.2) is 18.7 Å². The Balaban J connectivity index is 1.85. The van der Waals surface area contributed by atoms with Gasteiger partial charge >= 0.3 is 5.97 Å². The minimum atomic E-state index is -1.82. The molecule has 4 N–H and O–H groups in total. The molecule has 4 aliphatic heterocycles. The average molecular weight is 773 g/mol. The molecule has 3 saturated heterocycles. The average Bonchev–Trinajstić information content (AvgIpc) is 3.40. The van der Waals surface area contributed by atoms with Gasteiger partial charge in [0.2, 0.25) is 0 Å². The molecule has 0 aliphatic carbocycles. The van der Waals surface area contributed by atoms with Crippen molar-refractivity contribution in [3.63, 3.8) is 0 Å². The summed E-state index contributed by atoms with van der Waals surface area (Å²) in [6, 6.07) is -0.182. The summed E-state index contributed by atoms with van der Waals surface area (Å²) >= 11 is 0. The zero-order valence-electron chi connectivity index (χ0n) is 35.7. The van der Waals surface area contributed by atoms with E-state index < -0.39 is 95.8 Å². The van der Waals surface area contributed by atoms with Crippen LogP contribution in [0.3, 0.4) is 0 Å². The highest BCUT2D eigenvalue weighted by Gasteiger charge is 2.57. The molecule has 0 aromatic heterocycles. The van der Waals surface area contributed by atoms with Crippen molar-refractivity contribution in [1.29, 1.82) is 0 Å². The van der Waals surface area contributed by atoms with Crippen LogP contribution in [0.5, 0.6) is 0 Å². The zero-order valence-corrected chi connectivity index (χ0v) is 35.7. The molecule has 13 heteroatoms. The summed E-state index contributed by atoms with van der Waals surface area (Å²) in [5.41, 5.74) is -3.01. The fourth-order valence-corrected chi connectivity index (χ4v) is 9.99. The predicted octanol–water partition coefficient (Wildman–Crippen LogP) is 4.06. The van der Waals surface area contributed by atoms with Crippen molar-refractivity contribution in [2.75, 3.05) is 27.7 Å². The molecule has 314 valence electrons. The number of nitrogens with zero attached hydrogens (tertiary/aromatic N) is 1. The van der Waals surface area contributed by atoms with Gasteiger partial charge in [-0.05, 0) is 60.5 Å². The first-order valence-corrected chi connectivity index (χ1v) is 20.2. The molecule has 4 aliphatic rings. The van der Waals surface area contributed by atoms with E-state index in [0.29, 0.717) is 29.0 Å². The van der Waals surface area contributed by atoms with E-state index >= 15 is 0 Å². The Labute approximate surface area is 324 Å². The molecule has 13 nitrogen and oxygen atoms in total. The Hall–Kier alpha value is -1.39. The second-order valence-corrected chi connectivity index (χ2v) is 18.7. The van der Waals surface area contributed by atoms with E-state index in [0.717, 1.165) is 12.1 Å². The number of aliphatic hydroxyl groups excluding tert-OH is 3. The minimum Gasteiger partial charge on any atom is -0.489 e. The number of carbonyl (C=O) groups is 1. The van der Waals surface area contributed by atoms with Crippen LogP contribution in [0.4, 0.5) is 0 Å². The van der Waals surface area contributed by atoms with Gasteiger partial charge in [-0.2, -0.15) is 0 Å². The molecular weight excluding hydrogens is 698 g/mol. The lowest BCUT2D eigenvalue weighted by atomic mass is 9.78. The maximum absolute atomic E-state index is 14.2. The van der Waals surface area contributed by atoms with E-state index in [1.54, 1.807) is 34.6 Å². The number of cyclic esters (lactones) is 1. The molecule has 4 rings (SSSR count). The van der Waals surface area contributed by atoms with Crippen molar-refractivity contribution in [2.45, 2.75) is 193 Å². The van der Waals surface area contributed by atoms with Gasteiger partial charge in [-0.25, -0.2) is 0 Å². The third-order valence-corrected chi connectivity index (χ3v) is 13.0. The Morgan fingerprint density at radius 2 is 1.59 bits per heavy atom. The smallest absolute Gasteiger partial charge is 0.311 e. The van der Waals surface area contributed by atoms with Crippen LogP contribution in [0.1, 0.15) is 109 Å². The van der Waals surface area contributed by atoms with Gasteiger partial charge in [0, 0.05) is 44.1 Å². The summed E-state index contributed by atoms with van der Waals surface area (Å²) in [5.74, 6) is -1.92. The number of likely N-dealkylation sites (N-methyl/N-ethyl adjacent to an activating group) is 1. The second-order valence-electron chi connectivity index (χ2n) is 18.7. The van der Waals surface area contributed by atoms with Gasteiger partial charge in [0.1, 0.15) is 41.3 Å². The van der Waals surface area contributed by atoms with Gasteiger partial charge in [-0.15, -0.1) is 0 Å². The highest BCUT2D eigenvalue weighted by molar-refractivity contribution is 5.73. The normalized spacial score (nSPS) is 47.1. The number of carbonyl (C=O) groups excluding carboxylic acids is 1. The molecule has 0 unspecified atom stereocenters. The summed E-state index contributed by atoms with van der Waals surface area (Å²) in [4.78, 5) is 14.2. The van der Waals surface area contributed by atoms with E-state index in [1.807, 2.05) is 27.7 Å². The monoisotopic (exact) mass is 773 g/mol. The molecule has 3 fully saturated rings. The lowest BCUT2D eigenvalue weighted by Crippen LogP contribution is -2.64. The molecule has 0 aromatic carbocycles. The highest BCUT2D eigenvalue weighted by atomic mass is 16.7. The maximum atomic E-state index is 14.2. The standard InChI is InChI=1S/C41H74NO12/c1-16-29-41(12,47)34(44)24(6)32-22(4)18-40(11,54-32)36(53-38-31(43)28(17-23(5)49-38)42(13,14)20-21(2)3)25(7)33(26(8)37(46)51-29)52-30-19-39(10,48-15)35(45)27(9)50-30/h21,23-31,33-36,38,43-45,47H,16-20H2,1-15H3/q+1/t23-,24+,25+,26-,27+,28+,29-,30+,31-,33+,34-,35+,36-,38+,39-,40-,41-/m1/s1. The Bertz CT molecular complexity index is 1320. The number of quaternary nitrogens is 1. The minimum absolute atomic E-state index is 0.173. The number of aliphatic hydroxyl groups is 4. The lowest BCUT2D eigenvalue weighted by molar-refractivity contribution is -0.924. The molecule has 0 spiro atoms. The lowest BCUT2D eigenvalue weighted by Gasteiger charge is -2.50. The molecule has 2 bridgehead atoms. The third kappa shape index (κ3) is 9.01. The Kier molecular flexibility index (Phi) is 14.1. The maximum Gasteiger partial charge on any atom is 0.311 e. The van der Waals surface area contributed by atoms with Crippen molar-refractivity contribution in [3.8, 4) is 0 Å². The van der Waals surface area contributed by atoms with Crippen molar-refractivity contribution < 1.29 is 62.9 Å². The van der Waals surface area contributed by atoms with Crippen LogP contribution in [0, 0.1) is 23.7 Å². The van der Waals surface area contributed by atoms with E-state index in [9.17, 15) is 25.2 Å². The summed E-state index contributed by atoms with van der Waals surface area (Å²) in [6.45, 7) is 23.3. The molecular formula is C41H74NO12+. The molecule has 4 heterocycles. The van der Waals surface area contributed by atoms with Gasteiger partial charge in [0.25, 0.3) is 0 Å². The van der Waals surface area contributed by atoms with Gasteiger partial charge in [-0.1, -0.05) is 34.6 Å². The quantitative estimate of drug-likeness (QED) is 0.197. The van der Waals surface area contributed by atoms with Crippen LogP contribution in [0.15, 0.2) is 11.3 Å². The molecule has 0 amide bonds. The van der Waals surface area contributed by atoms with E-state index in [-0.39, 0.29) is 25.0 Å². The Morgan fingerprint density at radius 1 is 0.963 bits per heavy atom. The SMILES string of the molecule is CC[C@H]1OC(=O)[C@H](C)[C@@H](O[C@H]2C[C@@](C)(OC)[C@@H](O)[C@H](C)O2)[C@H](C)[C@@H](O[C@@H]2O[C@H](C)C[C@H]([N+](C)(C)CC(C)C)[C@H]2O)[C@@]2(C)CC(C)=C(O2)[C@H](C)[C@@H](O)[C@]1(C)O. The van der Waals surface area contributed by atoms with Gasteiger partial charge in [-0.3, -0.25) is 4.79 Å². The number of hydrogen-bond acceptors (Lipinski definition) is 12. The third-order valence-electron chi connectivity index (χ3n) is 13.0. The van der Waals surface area contributed by atoms with Crippen LogP contribution in [0.25, 0.3) is 0 Å². The zero-order chi connectivity index (χ0) is 40.9. The summed E-state index contributed by atoms with van der Waals surface area (Å²) in [6.07, 6.45) is -7.38. The number of ether oxygens (including phenoxy) is 7. The largest absolute Gasteiger partial charge is 0.489 e. The first-order valence-electron chi connectivity index (χ1n) is 20.2. The second kappa shape index (κ2) is 16.8. The van der Waals surface area contributed by atoms with Crippen LogP contribution in [-0.2, 0) is 38.0 Å². The summed E-state index contributed by atoms with van der Waals surface area (Å²) in [7, 11) is 5.79. The summed E-state index contributed by atoms with van der Waals surface area (Å²) in [5, 5.41) is 46.6. The van der Waals surface area contributed by atoms with Gasteiger partial charge in [0.05, 0.1) is 56.6 Å². The number of rotatable bonds is 9. The molecule has 17 atom stereocenters. The fraction of sp³-hybridized carbons (Fsp3) is 0.927. The van der Waals surface area contributed by atoms with E-state index in [1.165, 1.54) is 14.0 Å². The van der Waals surface area contributed by atoms with Crippen LogP contribution >= 0.6 is 0 Å². The van der Waals surface area contributed by atoms with Crippen molar-refractivity contribution in [3.05, 3.63) is 11.3 Å². The van der Waals surface area contributed by atoms with Crippen molar-refractivity contribution >= 4 is 5.97 Å². The number of fused-ring (bicyclic) bond motifs is 2. The number of esters is 1. The Morgan fingerprint density at radius 3 is 2.17 bits per heavy atom. The molecule has 0 saturated carbocycles. The van der Waals surface area contributed by atoms with Crippen LogP contribution in [-0.4, -0.2) is 143 Å².